The number of ether oxygens (including phenoxy) is 1. The van der Waals surface area contributed by atoms with E-state index >= 15 is 0 Å². The zero-order valence-electron chi connectivity index (χ0n) is 7.95. The number of hydrogen-bond donors (Lipinski definition) is 1. The average molecular weight is 200 g/mol. The van der Waals surface area contributed by atoms with Gasteiger partial charge in [0.25, 0.3) is 0 Å². The topological polar surface area (TPSA) is 48.1 Å². The molecule has 0 aliphatic carbocycles. The maximum Gasteiger partial charge on any atom is 0.180 e. The molecule has 0 amide bonds. The van der Waals surface area contributed by atoms with Crippen molar-refractivity contribution in [3.8, 4) is 0 Å². The molecule has 0 aliphatic heterocycles. The van der Waals surface area contributed by atoms with Gasteiger partial charge in [0.2, 0.25) is 0 Å². The number of thiazole rings is 1. The van der Waals surface area contributed by atoms with E-state index in [0.29, 0.717) is 11.7 Å². The van der Waals surface area contributed by atoms with Gasteiger partial charge in [-0.3, -0.25) is 0 Å². The standard InChI is InChI=1S/C9H16N2OS/c1-2-3-4-5-12-6-8-7-13-9(10)11-8/h7H,2-6H2,1H3,(H2,10,11). The highest BCUT2D eigenvalue weighted by Gasteiger charge is 1.97. The third-order valence-electron chi connectivity index (χ3n) is 1.71. The van der Waals surface area contributed by atoms with Crippen molar-refractivity contribution in [2.24, 2.45) is 0 Å². The van der Waals surface area contributed by atoms with Crippen LogP contribution >= 0.6 is 11.3 Å². The summed E-state index contributed by atoms with van der Waals surface area (Å²) in [6, 6.07) is 0. The Bertz CT molecular complexity index is 237. The molecule has 1 aromatic heterocycles. The van der Waals surface area contributed by atoms with E-state index in [4.69, 9.17) is 10.5 Å². The van der Waals surface area contributed by atoms with Gasteiger partial charge in [-0.05, 0) is 6.42 Å². The van der Waals surface area contributed by atoms with Gasteiger partial charge in [-0.2, -0.15) is 0 Å². The van der Waals surface area contributed by atoms with Gasteiger partial charge in [-0.1, -0.05) is 19.8 Å². The minimum Gasteiger partial charge on any atom is -0.375 e. The Labute approximate surface area is 82.9 Å². The van der Waals surface area contributed by atoms with Crippen LogP contribution in [0.3, 0.4) is 0 Å². The minimum atomic E-state index is 0.595. The number of anilines is 1. The summed E-state index contributed by atoms with van der Waals surface area (Å²) in [4.78, 5) is 4.10. The highest BCUT2D eigenvalue weighted by atomic mass is 32.1. The van der Waals surface area contributed by atoms with Gasteiger partial charge >= 0.3 is 0 Å². The van der Waals surface area contributed by atoms with Crippen LogP contribution in [0.4, 0.5) is 5.13 Å². The van der Waals surface area contributed by atoms with Gasteiger partial charge in [0.1, 0.15) is 0 Å². The molecule has 1 heterocycles. The van der Waals surface area contributed by atoms with Crippen molar-refractivity contribution < 1.29 is 4.74 Å². The molecular formula is C9H16N2OS. The molecule has 0 aliphatic rings. The third kappa shape index (κ3) is 4.24. The lowest BCUT2D eigenvalue weighted by Crippen LogP contribution is -1.96. The number of nitrogen functional groups attached to an aromatic ring is 1. The van der Waals surface area contributed by atoms with E-state index in [-0.39, 0.29) is 0 Å². The fourth-order valence-electron chi connectivity index (χ4n) is 1.02. The Hall–Kier alpha value is -0.610. The van der Waals surface area contributed by atoms with Crippen LogP contribution < -0.4 is 5.73 Å². The molecule has 1 aromatic rings. The van der Waals surface area contributed by atoms with Crippen LogP contribution in [-0.2, 0) is 11.3 Å². The Kier molecular flexibility index (Phi) is 4.78. The molecule has 1 rings (SSSR count). The molecule has 0 aromatic carbocycles. The Morgan fingerprint density at radius 2 is 2.38 bits per heavy atom. The lowest BCUT2D eigenvalue weighted by Gasteiger charge is -2.00. The molecule has 0 saturated heterocycles. The van der Waals surface area contributed by atoms with Gasteiger partial charge in [-0.25, -0.2) is 4.98 Å². The number of aromatic nitrogens is 1. The molecule has 4 heteroatoms. The first-order chi connectivity index (χ1) is 6.33. The van der Waals surface area contributed by atoms with E-state index in [1.807, 2.05) is 5.38 Å². The molecule has 3 nitrogen and oxygen atoms in total. The molecule has 0 radical (unpaired) electrons. The van der Waals surface area contributed by atoms with Gasteiger partial charge in [-0.15, -0.1) is 11.3 Å². The van der Waals surface area contributed by atoms with Crippen molar-refractivity contribution in [3.05, 3.63) is 11.1 Å². The molecule has 0 unspecified atom stereocenters. The Morgan fingerprint density at radius 1 is 1.54 bits per heavy atom. The lowest BCUT2D eigenvalue weighted by molar-refractivity contribution is 0.115. The van der Waals surface area contributed by atoms with E-state index < -0.39 is 0 Å². The van der Waals surface area contributed by atoms with Crippen LogP contribution in [0.15, 0.2) is 5.38 Å². The highest BCUT2D eigenvalue weighted by molar-refractivity contribution is 7.13. The number of nitrogens with two attached hydrogens (primary N) is 1. The maximum absolute atomic E-state index is 5.48. The normalized spacial score (nSPS) is 10.5. The highest BCUT2D eigenvalue weighted by Crippen LogP contribution is 2.11. The number of unbranched alkanes of at least 4 members (excludes halogenated alkanes) is 2. The Balaban J connectivity index is 2.06. The SMILES string of the molecule is CCCCCOCc1csc(N)n1. The van der Waals surface area contributed by atoms with Crippen molar-refractivity contribution in [3.63, 3.8) is 0 Å². The molecule has 0 atom stereocenters. The monoisotopic (exact) mass is 200 g/mol. The van der Waals surface area contributed by atoms with Crippen LogP contribution in [0.1, 0.15) is 31.9 Å². The quantitative estimate of drug-likeness (QED) is 0.717. The molecule has 74 valence electrons. The van der Waals surface area contributed by atoms with Crippen LogP contribution in [0.5, 0.6) is 0 Å². The molecule has 0 spiro atoms. The summed E-state index contributed by atoms with van der Waals surface area (Å²) in [6.45, 7) is 3.60. The second kappa shape index (κ2) is 5.94. The molecule has 0 saturated carbocycles. The van der Waals surface area contributed by atoms with Crippen molar-refractivity contribution in [2.45, 2.75) is 32.8 Å². The van der Waals surface area contributed by atoms with Crippen LogP contribution in [0.25, 0.3) is 0 Å². The molecular weight excluding hydrogens is 184 g/mol. The summed E-state index contributed by atoms with van der Waals surface area (Å²) in [5.74, 6) is 0. The Morgan fingerprint density at radius 3 is 3.00 bits per heavy atom. The zero-order chi connectivity index (χ0) is 9.52. The van der Waals surface area contributed by atoms with E-state index in [0.717, 1.165) is 18.7 Å². The second-order valence-electron chi connectivity index (χ2n) is 2.94. The van der Waals surface area contributed by atoms with E-state index in [1.165, 1.54) is 24.2 Å². The second-order valence-corrected chi connectivity index (χ2v) is 3.83. The maximum atomic E-state index is 5.48. The summed E-state index contributed by atoms with van der Waals surface area (Å²) >= 11 is 1.46. The largest absolute Gasteiger partial charge is 0.375 e. The van der Waals surface area contributed by atoms with Crippen LogP contribution in [-0.4, -0.2) is 11.6 Å². The molecule has 0 bridgehead atoms. The summed E-state index contributed by atoms with van der Waals surface area (Å²) < 4.78 is 5.42. The number of nitrogens with zero attached hydrogens (tertiary/aromatic N) is 1. The van der Waals surface area contributed by atoms with Gasteiger partial charge in [0.15, 0.2) is 5.13 Å². The van der Waals surface area contributed by atoms with Gasteiger partial charge < -0.3 is 10.5 Å². The molecule has 13 heavy (non-hydrogen) atoms. The van der Waals surface area contributed by atoms with Crippen molar-refractivity contribution in [1.82, 2.24) is 4.98 Å². The fourth-order valence-corrected chi connectivity index (χ4v) is 1.57. The lowest BCUT2D eigenvalue weighted by atomic mass is 10.3. The summed E-state index contributed by atoms with van der Waals surface area (Å²) in [5.41, 5.74) is 6.43. The van der Waals surface area contributed by atoms with Crippen LogP contribution in [0, 0.1) is 0 Å². The summed E-state index contributed by atoms with van der Waals surface area (Å²) in [7, 11) is 0. The average Bonchev–Trinajstić information content (AvgIpc) is 2.51. The first-order valence-corrected chi connectivity index (χ1v) is 5.48. The first-order valence-electron chi connectivity index (χ1n) is 4.60. The van der Waals surface area contributed by atoms with Crippen molar-refractivity contribution in [2.75, 3.05) is 12.3 Å². The predicted octanol–water partition coefficient (Wildman–Crippen LogP) is 2.43. The third-order valence-corrected chi connectivity index (χ3v) is 2.43. The van der Waals surface area contributed by atoms with E-state index in [2.05, 4.69) is 11.9 Å². The fraction of sp³-hybridized carbons (Fsp3) is 0.667. The summed E-state index contributed by atoms with van der Waals surface area (Å²) in [6.07, 6.45) is 3.60. The van der Waals surface area contributed by atoms with Crippen molar-refractivity contribution >= 4 is 16.5 Å². The number of hydrogen-bond acceptors (Lipinski definition) is 4. The number of rotatable bonds is 6. The molecule has 0 fully saturated rings. The predicted molar refractivity (Wildman–Crippen MR) is 55.7 cm³/mol. The molecule has 2 N–H and O–H groups in total. The van der Waals surface area contributed by atoms with E-state index in [9.17, 15) is 0 Å². The van der Waals surface area contributed by atoms with Gasteiger partial charge in [0, 0.05) is 12.0 Å². The van der Waals surface area contributed by atoms with E-state index in [1.54, 1.807) is 0 Å². The van der Waals surface area contributed by atoms with Gasteiger partial charge in [0.05, 0.1) is 12.3 Å². The van der Waals surface area contributed by atoms with Crippen LogP contribution in [0.2, 0.25) is 0 Å². The first kappa shape index (κ1) is 10.5. The minimum absolute atomic E-state index is 0.595. The van der Waals surface area contributed by atoms with Crippen molar-refractivity contribution in [1.29, 1.82) is 0 Å². The summed E-state index contributed by atoms with van der Waals surface area (Å²) in [5, 5.41) is 2.56. The smallest absolute Gasteiger partial charge is 0.180 e. The zero-order valence-corrected chi connectivity index (χ0v) is 8.77.